The molecule has 0 saturated heterocycles. The van der Waals surface area contributed by atoms with Crippen molar-refractivity contribution in [1.82, 2.24) is 10.2 Å². The topological polar surface area (TPSA) is 86.8 Å². The number of carbonyl (C=O) groups excluding carboxylic acids is 2. The number of carbonyl (C=O) groups is 2. The van der Waals surface area contributed by atoms with Crippen molar-refractivity contribution < 1.29 is 18.0 Å². The van der Waals surface area contributed by atoms with Gasteiger partial charge in [0.15, 0.2) is 0 Å². The average molecular weight is 584 g/mol. The van der Waals surface area contributed by atoms with E-state index in [4.69, 9.17) is 11.6 Å². The molecular weight excluding hydrogens is 546 g/mol. The molecule has 9 heteroatoms. The highest BCUT2D eigenvalue weighted by atomic mass is 35.5. The van der Waals surface area contributed by atoms with E-state index in [1.54, 1.807) is 55.5 Å². The second-order valence-corrected chi connectivity index (χ2v) is 13.5. The van der Waals surface area contributed by atoms with Crippen LogP contribution in [0.25, 0.3) is 0 Å². The number of nitrogens with one attached hydrogen (secondary N) is 1. The number of halogens is 1. The van der Waals surface area contributed by atoms with E-state index in [1.165, 1.54) is 17.0 Å². The maximum absolute atomic E-state index is 14.0. The third-order valence-corrected chi connectivity index (χ3v) is 8.35. The molecule has 7 nitrogen and oxygen atoms in total. The number of aryl methyl sites for hydroxylation is 3. The normalized spacial score (nSPS) is 12.5. The predicted octanol–water partition coefficient (Wildman–Crippen LogP) is 5.79. The van der Waals surface area contributed by atoms with Crippen molar-refractivity contribution in [3.63, 3.8) is 0 Å². The van der Waals surface area contributed by atoms with E-state index in [2.05, 4.69) is 5.32 Å². The first-order valence-electron chi connectivity index (χ1n) is 13.1. The number of rotatable bonds is 9. The number of benzene rings is 3. The Balaban J connectivity index is 2.07. The van der Waals surface area contributed by atoms with Crippen LogP contribution in [0.1, 0.15) is 49.9 Å². The summed E-state index contributed by atoms with van der Waals surface area (Å²) in [6.45, 7) is 12.5. The quantitative estimate of drug-likeness (QED) is 0.345. The fraction of sp³-hybridized carbons (Fsp3) is 0.355. The molecule has 0 spiro atoms. The Morgan fingerprint density at radius 1 is 0.875 bits per heavy atom. The zero-order valence-corrected chi connectivity index (χ0v) is 25.7. The molecule has 3 aromatic rings. The number of hydrogen-bond donors (Lipinski definition) is 1. The molecule has 0 bridgehead atoms. The van der Waals surface area contributed by atoms with Crippen molar-refractivity contribution in [3.8, 4) is 0 Å². The number of anilines is 1. The summed E-state index contributed by atoms with van der Waals surface area (Å²) in [5, 5.41) is 3.47. The minimum absolute atomic E-state index is 0.0767. The lowest BCUT2D eigenvalue weighted by Crippen LogP contribution is -2.54. The van der Waals surface area contributed by atoms with Crippen molar-refractivity contribution in [2.45, 2.75) is 71.5 Å². The summed E-state index contributed by atoms with van der Waals surface area (Å²) in [7, 11) is -4.12. The minimum Gasteiger partial charge on any atom is -0.350 e. The molecule has 2 amide bonds. The average Bonchev–Trinajstić information content (AvgIpc) is 2.85. The van der Waals surface area contributed by atoms with E-state index in [9.17, 15) is 18.0 Å². The Hall–Kier alpha value is -3.36. The van der Waals surface area contributed by atoms with Crippen LogP contribution >= 0.6 is 11.6 Å². The molecule has 0 saturated carbocycles. The van der Waals surface area contributed by atoms with Crippen molar-refractivity contribution >= 4 is 39.1 Å². The summed E-state index contributed by atoms with van der Waals surface area (Å²) in [5.74, 6) is -0.851. The van der Waals surface area contributed by atoms with Gasteiger partial charge in [-0.2, -0.15) is 0 Å². The number of nitrogens with zero attached hydrogens (tertiary/aromatic N) is 2. The summed E-state index contributed by atoms with van der Waals surface area (Å²) >= 11 is 6.06. The van der Waals surface area contributed by atoms with Gasteiger partial charge in [0, 0.05) is 17.1 Å². The van der Waals surface area contributed by atoms with Crippen molar-refractivity contribution in [2.24, 2.45) is 0 Å². The Morgan fingerprint density at radius 3 is 1.95 bits per heavy atom. The van der Waals surface area contributed by atoms with E-state index in [0.717, 1.165) is 26.6 Å². The largest absolute Gasteiger partial charge is 0.350 e. The van der Waals surface area contributed by atoms with Crippen LogP contribution in [-0.2, 0) is 26.2 Å². The minimum atomic E-state index is -4.12. The van der Waals surface area contributed by atoms with Crippen LogP contribution in [0.15, 0.2) is 71.6 Å². The molecular formula is C31H38ClN3O4S. The summed E-state index contributed by atoms with van der Waals surface area (Å²) in [6.07, 6.45) is 0. The Labute approximate surface area is 243 Å². The lowest BCUT2D eigenvalue weighted by atomic mass is 10.1. The summed E-state index contributed by atoms with van der Waals surface area (Å²) in [6, 6.07) is 18.1. The zero-order chi connectivity index (χ0) is 29.8. The molecule has 1 N–H and O–H groups in total. The summed E-state index contributed by atoms with van der Waals surface area (Å²) in [4.78, 5) is 28.7. The molecule has 0 aliphatic carbocycles. The van der Waals surface area contributed by atoms with E-state index in [1.807, 2.05) is 47.6 Å². The molecule has 40 heavy (non-hydrogen) atoms. The van der Waals surface area contributed by atoms with Gasteiger partial charge in [-0.05, 0) is 102 Å². The molecule has 3 aromatic carbocycles. The molecule has 0 aliphatic heterocycles. The van der Waals surface area contributed by atoms with Gasteiger partial charge in [-0.15, -0.1) is 0 Å². The van der Waals surface area contributed by atoms with Crippen molar-refractivity contribution in [1.29, 1.82) is 0 Å². The zero-order valence-electron chi connectivity index (χ0n) is 24.2. The summed E-state index contributed by atoms with van der Waals surface area (Å²) < 4.78 is 29.1. The maximum Gasteiger partial charge on any atom is 0.264 e. The highest BCUT2D eigenvalue weighted by Crippen LogP contribution is 2.27. The van der Waals surface area contributed by atoms with E-state index < -0.39 is 34.1 Å². The highest BCUT2D eigenvalue weighted by Gasteiger charge is 2.33. The van der Waals surface area contributed by atoms with Crippen LogP contribution < -0.4 is 9.62 Å². The van der Waals surface area contributed by atoms with Crippen LogP contribution in [0.2, 0.25) is 5.02 Å². The Bertz CT molecular complexity index is 1440. The summed E-state index contributed by atoms with van der Waals surface area (Å²) in [5.41, 5.74) is 3.27. The molecule has 3 rings (SSSR count). The molecule has 0 aromatic heterocycles. The van der Waals surface area contributed by atoms with Gasteiger partial charge in [-0.3, -0.25) is 13.9 Å². The third-order valence-electron chi connectivity index (χ3n) is 6.31. The first-order valence-corrected chi connectivity index (χ1v) is 14.9. The lowest BCUT2D eigenvalue weighted by Gasteiger charge is -2.33. The second-order valence-electron chi connectivity index (χ2n) is 11.2. The fourth-order valence-corrected chi connectivity index (χ4v) is 5.83. The molecule has 0 fully saturated rings. The van der Waals surface area contributed by atoms with Crippen LogP contribution in [0.4, 0.5) is 5.69 Å². The standard InChI is InChI=1S/C31H38ClN3O4S/c1-21-8-14-28(15-9-21)40(38,39)35(27-17-22(2)16-23(3)18-27)20-29(36)34(19-25-10-12-26(32)13-11-25)24(4)30(37)33-31(5,6)7/h8-18,24H,19-20H2,1-7H3,(H,33,37)/t24-/m1/s1. The first kappa shape index (κ1) is 31.2. The van der Waals surface area contributed by atoms with E-state index >= 15 is 0 Å². The van der Waals surface area contributed by atoms with Gasteiger partial charge in [0.2, 0.25) is 11.8 Å². The van der Waals surface area contributed by atoms with Crippen LogP contribution in [0, 0.1) is 20.8 Å². The molecule has 0 radical (unpaired) electrons. The smallest absolute Gasteiger partial charge is 0.264 e. The van der Waals surface area contributed by atoms with Crippen LogP contribution in [0.5, 0.6) is 0 Å². The monoisotopic (exact) mass is 583 g/mol. The van der Waals surface area contributed by atoms with Crippen molar-refractivity contribution in [3.05, 3.63) is 94.0 Å². The van der Waals surface area contributed by atoms with Gasteiger partial charge in [-0.1, -0.05) is 47.5 Å². The van der Waals surface area contributed by atoms with Gasteiger partial charge >= 0.3 is 0 Å². The SMILES string of the molecule is Cc1ccc(S(=O)(=O)N(CC(=O)N(Cc2ccc(Cl)cc2)[C@H](C)C(=O)NC(C)(C)C)c2cc(C)cc(C)c2)cc1. The van der Waals surface area contributed by atoms with Gasteiger partial charge in [0.25, 0.3) is 10.0 Å². The van der Waals surface area contributed by atoms with Gasteiger partial charge < -0.3 is 10.2 Å². The fourth-order valence-electron chi connectivity index (χ4n) is 4.30. The van der Waals surface area contributed by atoms with E-state index in [0.29, 0.717) is 10.7 Å². The third kappa shape index (κ3) is 8.08. The Kier molecular flexibility index (Phi) is 9.69. The predicted molar refractivity (Wildman–Crippen MR) is 161 cm³/mol. The van der Waals surface area contributed by atoms with Gasteiger partial charge in [0.1, 0.15) is 12.6 Å². The second kappa shape index (κ2) is 12.4. The van der Waals surface area contributed by atoms with E-state index in [-0.39, 0.29) is 17.3 Å². The van der Waals surface area contributed by atoms with Crippen LogP contribution in [0.3, 0.4) is 0 Å². The molecule has 0 unspecified atom stereocenters. The molecule has 0 aliphatic rings. The molecule has 214 valence electrons. The maximum atomic E-state index is 14.0. The molecule has 0 heterocycles. The first-order chi connectivity index (χ1) is 18.6. The van der Waals surface area contributed by atoms with Gasteiger partial charge in [0.05, 0.1) is 10.6 Å². The number of amides is 2. The molecule has 1 atom stereocenters. The lowest BCUT2D eigenvalue weighted by molar-refractivity contribution is -0.140. The highest BCUT2D eigenvalue weighted by molar-refractivity contribution is 7.92. The van der Waals surface area contributed by atoms with Gasteiger partial charge in [-0.25, -0.2) is 8.42 Å². The van der Waals surface area contributed by atoms with Crippen LogP contribution in [-0.4, -0.2) is 43.3 Å². The number of sulfonamides is 1. The number of hydrogen-bond acceptors (Lipinski definition) is 4. The van der Waals surface area contributed by atoms with Crippen molar-refractivity contribution in [2.75, 3.05) is 10.8 Å². The Morgan fingerprint density at radius 2 is 1.43 bits per heavy atom.